The molecule has 1 aliphatic rings. The summed E-state index contributed by atoms with van der Waals surface area (Å²) in [6.45, 7) is 2.32. The van der Waals surface area contributed by atoms with E-state index in [4.69, 9.17) is 0 Å². The summed E-state index contributed by atoms with van der Waals surface area (Å²) in [7, 11) is 0. The molecular weight excluding hydrogens is 286 g/mol. The number of carbonyl (C=O) groups is 3. The summed E-state index contributed by atoms with van der Waals surface area (Å²) in [4.78, 5) is 35.3. The second kappa shape index (κ2) is 6.93. The fraction of sp³-hybridized carbons (Fsp3) is 0.400. The lowest BCUT2D eigenvalue weighted by Gasteiger charge is -2.23. The number of phenolic OH excluding ortho intramolecular Hbond substituents is 1. The molecule has 2 rings (SSSR count). The van der Waals surface area contributed by atoms with E-state index in [1.54, 1.807) is 6.92 Å². The number of rotatable bonds is 4. The van der Waals surface area contributed by atoms with Gasteiger partial charge in [-0.25, -0.2) is 0 Å². The molecule has 1 atom stereocenters. The first-order valence-corrected chi connectivity index (χ1v) is 7.22. The molecule has 4 N–H and O–H groups in total. The molecule has 1 aromatic carbocycles. The molecule has 1 aromatic rings. The van der Waals surface area contributed by atoms with Crippen molar-refractivity contribution < 1.29 is 19.5 Å². The minimum atomic E-state index is -0.602. The van der Waals surface area contributed by atoms with Crippen LogP contribution in [0, 0.1) is 0 Å². The highest BCUT2D eigenvalue weighted by Crippen LogP contribution is 2.22. The van der Waals surface area contributed by atoms with Gasteiger partial charge in [-0.05, 0) is 31.0 Å². The SMILES string of the molecule is CCC(=O)Nc1ccc(O)c(C(=O)N[C@@H]2CCCNC2=O)c1. The molecular formula is C15H19N3O4. The fourth-order valence-corrected chi connectivity index (χ4v) is 2.19. The van der Waals surface area contributed by atoms with E-state index < -0.39 is 11.9 Å². The van der Waals surface area contributed by atoms with Crippen molar-refractivity contribution in [3.63, 3.8) is 0 Å². The summed E-state index contributed by atoms with van der Waals surface area (Å²) in [5.74, 6) is -1.17. The average molecular weight is 305 g/mol. The van der Waals surface area contributed by atoms with Crippen molar-refractivity contribution in [3.8, 4) is 5.75 Å². The number of amides is 3. The molecule has 0 aliphatic carbocycles. The van der Waals surface area contributed by atoms with Crippen LogP contribution in [0.1, 0.15) is 36.5 Å². The first-order valence-electron chi connectivity index (χ1n) is 7.22. The molecule has 7 heteroatoms. The van der Waals surface area contributed by atoms with E-state index in [1.807, 2.05) is 0 Å². The number of hydrogen-bond acceptors (Lipinski definition) is 4. The summed E-state index contributed by atoms with van der Waals surface area (Å²) >= 11 is 0. The molecule has 0 bridgehead atoms. The number of hydrogen-bond donors (Lipinski definition) is 4. The quantitative estimate of drug-likeness (QED) is 0.616. The van der Waals surface area contributed by atoms with E-state index in [0.717, 1.165) is 6.42 Å². The van der Waals surface area contributed by atoms with E-state index in [-0.39, 0.29) is 23.1 Å². The van der Waals surface area contributed by atoms with Crippen LogP contribution in [-0.2, 0) is 9.59 Å². The molecule has 22 heavy (non-hydrogen) atoms. The number of phenols is 1. The number of aromatic hydroxyl groups is 1. The molecule has 1 aliphatic heterocycles. The number of carbonyl (C=O) groups excluding carboxylic acids is 3. The highest BCUT2D eigenvalue weighted by atomic mass is 16.3. The highest BCUT2D eigenvalue weighted by molar-refractivity contribution is 6.01. The van der Waals surface area contributed by atoms with E-state index >= 15 is 0 Å². The minimum Gasteiger partial charge on any atom is -0.507 e. The molecule has 0 unspecified atom stereocenters. The molecule has 3 amide bonds. The normalized spacial score (nSPS) is 17.5. The Bertz CT molecular complexity index is 600. The molecule has 1 heterocycles. The Morgan fingerprint density at radius 1 is 1.41 bits per heavy atom. The first kappa shape index (κ1) is 15.8. The van der Waals surface area contributed by atoms with Crippen LogP contribution in [0.25, 0.3) is 0 Å². The van der Waals surface area contributed by atoms with Gasteiger partial charge in [0.1, 0.15) is 11.8 Å². The Labute approximate surface area is 128 Å². The van der Waals surface area contributed by atoms with Crippen molar-refractivity contribution in [1.82, 2.24) is 10.6 Å². The second-order valence-corrected chi connectivity index (χ2v) is 5.09. The van der Waals surface area contributed by atoms with E-state index in [1.165, 1.54) is 18.2 Å². The van der Waals surface area contributed by atoms with Crippen molar-refractivity contribution in [1.29, 1.82) is 0 Å². The van der Waals surface area contributed by atoms with E-state index in [0.29, 0.717) is 25.1 Å². The molecule has 0 saturated carbocycles. The van der Waals surface area contributed by atoms with Crippen LogP contribution in [0.5, 0.6) is 5.75 Å². The van der Waals surface area contributed by atoms with Crippen molar-refractivity contribution in [3.05, 3.63) is 23.8 Å². The lowest BCUT2D eigenvalue weighted by Crippen LogP contribution is -2.50. The van der Waals surface area contributed by atoms with Crippen molar-refractivity contribution >= 4 is 23.4 Å². The Hall–Kier alpha value is -2.57. The Balaban J connectivity index is 2.12. The molecule has 0 radical (unpaired) electrons. The number of piperidine rings is 1. The molecule has 1 saturated heterocycles. The summed E-state index contributed by atoms with van der Waals surface area (Å²) in [5.41, 5.74) is 0.440. The maximum Gasteiger partial charge on any atom is 0.255 e. The molecule has 0 spiro atoms. The third kappa shape index (κ3) is 3.75. The first-order chi connectivity index (χ1) is 10.5. The topological polar surface area (TPSA) is 108 Å². The van der Waals surface area contributed by atoms with E-state index in [2.05, 4.69) is 16.0 Å². The summed E-state index contributed by atoms with van der Waals surface area (Å²) in [6.07, 6.45) is 1.66. The van der Waals surface area contributed by atoms with Crippen LogP contribution in [0.3, 0.4) is 0 Å². The standard InChI is InChI=1S/C15H19N3O4/c1-2-13(20)17-9-5-6-12(19)10(8-9)14(21)18-11-4-3-7-16-15(11)22/h5-6,8,11,19H,2-4,7H2,1H3,(H,16,22)(H,17,20)(H,18,21)/t11-/m1/s1. The average Bonchev–Trinajstić information content (AvgIpc) is 2.51. The third-order valence-corrected chi connectivity index (χ3v) is 3.44. The van der Waals surface area contributed by atoms with Crippen molar-refractivity contribution in [2.24, 2.45) is 0 Å². The molecule has 1 fully saturated rings. The van der Waals surface area contributed by atoms with Crippen LogP contribution in [-0.4, -0.2) is 35.4 Å². The maximum atomic E-state index is 12.2. The van der Waals surface area contributed by atoms with Gasteiger partial charge in [-0.1, -0.05) is 6.92 Å². The van der Waals surface area contributed by atoms with Gasteiger partial charge in [0.15, 0.2) is 0 Å². The summed E-state index contributed by atoms with van der Waals surface area (Å²) in [6, 6.07) is 3.63. The number of benzene rings is 1. The van der Waals surface area contributed by atoms with Crippen LogP contribution >= 0.6 is 0 Å². The van der Waals surface area contributed by atoms with Crippen molar-refractivity contribution in [2.45, 2.75) is 32.2 Å². The predicted molar refractivity (Wildman–Crippen MR) is 80.5 cm³/mol. The fourth-order valence-electron chi connectivity index (χ4n) is 2.19. The van der Waals surface area contributed by atoms with Gasteiger partial charge in [0.2, 0.25) is 11.8 Å². The van der Waals surface area contributed by atoms with Gasteiger partial charge < -0.3 is 21.1 Å². The van der Waals surface area contributed by atoms with Crippen LogP contribution in [0.2, 0.25) is 0 Å². The summed E-state index contributed by atoms with van der Waals surface area (Å²) in [5, 5.41) is 17.7. The van der Waals surface area contributed by atoms with Crippen LogP contribution < -0.4 is 16.0 Å². The monoisotopic (exact) mass is 305 g/mol. The van der Waals surface area contributed by atoms with Crippen LogP contribution in [0.15, 0.2) is 18.2 Å². The van der Waals surface area contributed by atoms with Gasteiger partial charge in [-0.3, -0.25) is 14.4 Å². The minimum absolute atomic E-state index is 0.0206. The zero-order chi connectivity index (χ0) is 16.1. The molecule has 118 valence electrons. The van der Waals surface area contributed by atoms with Gasteiger partial charge in [-0.2, -0.15) is 0 Å². The molecule has 0 aromatic heterocycles. The number of nitrogens with one attached hydrogen (secondary N) is 3. The second-order valence-electron chi connectivity index (χ2n) is 5.09. The predicted octanol–water partition coefficient (Wildman–Crippen LogP) is 0.749. The van der Waals surface area contributed by atoms with Gasteiger partial charge in [0, 0.05) is 18.7 Å². The van der Waals surface area contributed by atoms with Gasteiger partial charge in [-0.15, -0.1) is 0 Å². The largest absolute Gasteiger partial charge is 0.507 e. The van der Waals surface area contributed by atoms with Crippen molar-refractivity contribution in [2.75, 3.05) is 11.9 Å². The van der Waals surface area contributed by atoms with Gasteiger partial charge in [0.05, 0.1) is 5.56 Å². The zero-order valence-electron chi connectivity index (χ0n) is 12.3. The zero-order valence-corrected chi connectivity index (χ0v) is 12.3. The molecule has 7 nitrogen and oxygen atoms in total. The summed E-state index contributed by atoms with van der Waals surface area (Å²) < 4.78 is 0. The van der Waals surface area contributed by atoms with E-state index in [9.17, 15) is 19.5 Å². The lowest BCUT2D eigenvalue weighted by molar-refractivity contribution is -0.124. The third-order valence-electron chi connectivity index (χ3n) is 3.44. The smallest absolute Gasteiger partial charge is 0.255 e. The Kier molecular flexibility index (Phi) is 4.98. The number of anilines is 1. The maximum absolute atomic E-state index is 12.2. The Morgan fingerprint density at radius 3 is 2.86 bits per heavy atom. The Morgan fingerprint density at radius 2 is 2.18 bits per heavy atom. The van der Waals surface area contributed by atoms with Crippen LogP contribution in [0.4, 0.5) is 5.69 Å². The lowest BCUT2D eigenvalue weighted by atomic mass is 10.1. The highest BCUT2D eigenvalue weighted by Gasteiger charge is 2.25. The van der Waals surface area contributed by atoms with Gasteiger partial charge >= 0.3 is 0 Å². The van der Waals surface area contributed by atoms with Gasteiger partial charge in [0.25, 0.3) is 5.91 Å².